The Hall–Kier alpha value is -1.63. The number of methoxy groups -OCH3 is 1. The van der Waals surface area contributed by atoms with Crippen molar-refractivity contribution >= 4 is 17.8 Å². The fourth-order valence-corrected chi connectivity index (χ4v) is 1.26. The molecule has 0 bridgehead atoms. The van der Waals surface area contributed by atoms with Gasteiger partial charge in [0.2, 0.25) is 11.8 Å². The largest absolute Gasteiger partial charge is 0.479 e. The van der Waals surface area contributed by atoms with Crippen LogP contribution in [0.3, 0.4) is 0 Å². The smallest absolute Gasteiger partial charge is 0.334 e. The Bertz CT molecular complexity index is 293. The van der Waals surface area contributed by atoms with Gasteiger partial charge in [0, 0.05) is 26.5 Å². The molecule has 0 fully saturated rings. The van der Waals surface area contributed by atoms with E-state index in [0.29, 0.717) is 13.0 Å². The van der Waals surface area contributed by atoms with E-state index in [1.807, 2.05) is 6.92 Å². The number of aliphatic carboxylic acids is 1. The minimum Gasteiger partial charge on any atom is -0.479 e. The lowest BCUT2D eigenvalue weighted by molar-refractivity contribution is -0.148. The fourth-order valence-electron chi connectivity index (χ4n) is 1.26. The average molecular weight is 260 g/mol. The van der Waals surface area contributed by atoms with E-state index in [2.05, 4.69) is 15.4 Å². The molecule has 0 spiro atoms. The summed E-state index contributed by atoms with van der Waals surface area (Å²) >= 11 is 0. The van der Waals surface area contributed by atoms with E-state index < -0.39 is 12.1 Å². The molecule has 0 aromatic rings. The third kappa shape index (κ3) is 7.61. The molecule has 0 rings (SSSR count). The molecule has 0 aliphatic heterocycles. The van der Waals surface area contributed by atoms with Gasteiger partial charge in [-0.1, -0.05) is 0 Å². The van der Waals surface area contributed by atoms with Gasteiger partial charge in [-0.05, 0) is 13.3 Å². The Morgan fingerprint density at radius 1 is 1.17 bits per heavy atom. The van der Waals surface area contributed by atoms with Crippen molar-refractivity contribution in [3.8, 4) is 0 Å². The lowest BCUT2D eigenvalue weighted by Crippen LogP contribution is -2.37. The van der Waals surface area contributed by atoms with E-state index in [1.165, 1.54) is 7.11 Å². The highest BCUT2D eigenvalue weighted by molar-refractivity contribution is 5.79. The number of hydrogen-bond acceptors (Lipinski definition) is 4. The third-order valence-electron chi connectivity index (χ3n) is 2.23. The van der Waals surface area contributed by atoms with Gasteiger partial charge in [-0.2, -0.15) is 0 Å². The molecule has 7 nitrogen and oxygen atoms in total. The first-order chi connectivity index (χ1) is 8.51. The van der Waals surface area contributed by atoms with E-state index in [9.17, 15) is 14.4 Å². The first-order valence-corrected chi connectivity index (χ1v) is 5.80. The van der Waals surface area contributed by atoms with Crippen molar-refractivity contribution in [1.82, 2.24) is 10.6 Å². The molecule has 18 heavy (non-hydrogen) atoms. The molecule has 0 aliphatic rings. The maximum Gasteiger partial charge on any atom is 0.334 e. The van der Waals surface area contributed by atoms with Crippen LogP contribution in [0.25, 0.3) is 0 Å². The fraction of sp³-hybridized carbons (Fsp3) is 0.727. The lowest BCUT2D eigenvalue weighted by Gasteiger charge is -2.11. The summed E-state index contributed by atoms with van der Waals surface area (Å²) in [6, 6.07) is 0. The SMILES string of the molecule is CCNC(=O)CCCC(=O)NCC(OC)C(=O)O. The van der Waals surface area contributed by atoms with Gasteiger partial charge in [-0.15, -0.1) is 0 Å². The van der Waals surface area contributed by atoms with E-state index in [4.69, 9.17) is 5.11 Å². The number of carboxylic acids is 1. The molecule has 3 N–H and O–H groups in total. The van der Waals surface area contributed by atoms with Gasteiger partial charge in [0.1, 0.15) is 0 Å². The molecule has 2 amide bonds. The van der Waals surface area contributed by atoms with E-state index in [-0.39, 0.29) is 31.2 Å². The molecule has 0 saturated heterocycles. The summed E-state index contributed by atoms with van der Waals surface area (Å²) in [5.41, 5.74) is 0. The van der Waals surface area contributed by atoms with Crippen LogP contribution in [0.1, 0.15) is 26.2 Å². The Morgan fingerprint density at radius 2 is 1.72 bits per heavy atom. The van der Waals surface area contributed by atoms with Gasteiger partial charge < -0.3 is 20.5 Å². The summed E-state index contributed by atoms with van der Waals surface area (Å²) in [6.45, 7) is 2.31. The van der Waals surface area contributed by atoms with Crippen molar-refractivity contribution in [1.29, 1.82) is 0 Å². The number of carboxylic acid groups (broad SMARTS) is 1. The second-order valence-electron chi connectivity index (χ2n) is 3.67. The summed E-state index contributed by atoms with van der Waals surface area (Å²) in [5, 5.41) is 13.7. The van der Waals surface area contributed by atoms with Crippen molar-refractivity contribution in [2.24, 2.45) is 0 Å². The molecular formula is C11H20N2O5. The molecule has 0 heterocycles. The van der Waals surface area contributed by atoms with Crippen LogP contribution in [-0.4, -0.2) is 49.2 Å². The summed E-state index contributed by atoms with van der Waals surface area (Å²) < 4.78 is 4.66. The molecule has 0 aromatic heterocycles. The van der Waals surface area contributed by atoms with Crippen molar-refractivity contribution in [3.05, 3.63) is 0 Å². The van der Waals surface area contributed by atoms with Gasteiger partial charge in [0.25, 0.3) is 0 Å². The highest BCUT2D eigenvalue weighted by Crippen LogP contribution is 1.96. The van der Waals surface area contributed by atoms with Crippen LogP contribution < -0.4 is 10.6 Å². The number of rotatable bonds is 9. The third-order valence-corrected chi connectivity index (χ3v) is 2.23. The van der Waals surface area contributed by atoms with Crippen LogP contribution in [0.15, 0.2) is 0 Å². The number of carbonyl (C=O) groups is 3. The predicted molar refractivity (Wildman–Crippen MR) is 64.0 cm³/mol. The number of nitrogens with one attached hydrogen (secondary N) is 2. The molecular weight excluding hydrogens is 240 g/mol. The second kappa shape index (κ2) is 9.41. The van der Waals surface area contributed by atoms with Crippen LogP contribution >= 0.6 is 0 Å². The molecule has 0 aliphatic carbocycles. The second-order valence-corrected chi connectivity index (χ2v) is 3.67. The lowest BCUT2D eigenvalue weighted by atomic mass is 10.2. The highest BCUT2D eigenvalue weighted by atomic mass is 16.5. The molecule has 104 valence electrons. The topological polar surface area (TPSA) is 105 Å². The zero-order valence-electron chi connectivity index (χ0n) is 10.7. The molecule has 1 unspecified atom stereocenters. The zero-order chi connectivity index (χ0) is 14.0. The Kier molecular flexibility index (Phi) is 8.55. The predicted octanol–water partition coefficient (Wildman–Crippen LogP) is -0.491. The minimum absolute atomic E-state index is 0.0776. The van der Waals surface area contributed by atoms with Crippen LogP contribution in [0, 0.1) is 0 Å². The summed E-state index contributed by atoms with van der Waals surface area (Å²) in [7, 11) is 1.26. The van der Waals surface area contributed by atoms with E-state index in [1.54, 1.807) is 0 Å². The Labute approximate surface area is 106 Å². The number of carbonyl (C=O) groups excluding carboxylic acids is 2. The molecule has 0 saturated carbocycles. The highest BCUT2D eigenvalue weighted by Gasteiger charge is 2.16. The van der Waals surface area contributed by atoms with Crippen LogP contribution in [0.5, 0.6) is 0 Å². The van der Waals surface area contributed by atoms with Gasteiger partial charge in [0.15, 0.2) is 6.10 Å². The Morgan fingerprint density at radius 3 is 2.17 bits per heavy atom. The quantitative estimate of drug-likeness (QED) is 0.519. The first-order valence-electron chi connectivity index (χ1n) is 5.80. The Balaban J connectivity index is 3.71. The van der Waals surface area contributed by atoms with Gasteiger partial charge in [-0.25, -0.2) is 4.79 Å². The van der Waals surface area contributed by atoms with Gasteiger partial charge in [-0.3, -0.25) is 9.59 Å². The maximum atomic E-state index is 11.3. The normalized spacial score (nSPS) is 11.7. The average Bonchev–Trinajstić information content (AvgIpc) is 2.29. The monoisotopic (exact) mass is 260 g/mol. The number of hydrogen-bond donors (Lipinski definition) is 3. The summed E-state index contributed by atoms with van der Waals surface area (Å²) in [4.78, 5) is 33.0. The van der Waals surface area contributed by atoms with Crippen molar-refractivity contribution < 1.29 is 24.2 Å². The standard InChI is InChI=1S/C11H20N2O5/c1-3-12-9(14)5-4-6-10(15)13-7-8(18-2)11(16)17/h8H,3-7H2,1-2H3,(H,12,14)(H,13,15)(H,16,17). The summed E-state index contributed by atoms with van der Waals surface area (Å²) in [5.74, 6) is -1.51. The van der Waals surface area contributed by atoms with Gasteiger partial charge in [0.05, 0.1) is 6.54 Å². The van der Waals surface area contributed by atoms with E-state index >= 15 is 0 Å². The van der Waals surface area contributed by atoms with Crippen LogP contribution in [0.4, 0.5) is 0 Å². The van der Waals surface area contributed by atoms with Crippen LogP contribution in [-0.2, 0) is 19.1 Å². The molecule has 0 radical (unpaired) electrons. The molecule has 0 aromatic carbocycles. The van der Waals surface area contributed by atoms with Crippen molar-refractivity contribution in [2.75, 3.05) is 20.2 Å². The van der Waals surface area contributed by atoms with Crippen LogP contribution in [0.2, 0.25) is 0 Å². The van der Waals surface area contributed by atoms with Crippen molar-refractivity contribution in [3.63, 3.8) is 0 Å². The van der Waals surface area contributed by atoms with Gasteiger partial charge >= 0.3 is 5.97 Å². The molecule has 7 heteroatoms. The zero-order valence-corrected chi connectivity index (χ0v) is 10.7. The molecule has 1 atom stereocenters. The maximum absolute atomic E-state index is 11.3. The minimum atomic E-state index is -1.12. The first kappa shape index (κ1) is 16.4. The van der Waals surface area contributed by atoms with Crippen molar-refractivity contribution in [2.45, 2.75) is 32.3 Å². The number of amides is 2. The summed E-state index contributed by atoms with van der Waals surface area (Å²) in [6.07, 6.45) is -0.138. The number of ether oxygens (including phenoxy) is 1. The van der Waals surface area contributed by atoms with E-state index in [0.717, 1.165) is 0 Å².